The van der Waals surface area contributed by atoms with Gasteiger partial charge < -0.3 is 18.6 Å². The first kappa shape index (κ1) is 18.0. The van der Waals surface area contributed by atoms with Crippen LogP contribution in [0.3, 0.4) is 0 Å². The van der Waals surface area contributed by atoms with Crippen LogP contribution in [0.5, 0.6) is 11.5 Å². The van der Waals surface area contributed by atoms with Crippen molar-refractivity contribution in [3.8, 4) is 11.5 Å². The molecule has 0 aliphatic heterocycles. The summed E-state index contributed by atoms with van der Waals surface area (Å²) in [6.45, 7) is 11.0. The Bertz CT molecular complexity index is 444. The lowest BCUT2D eigenvalue weighted by molar-refractivity contribution is -0.0660. The summed E-state index contributed by atoms with van der Waals surface area (Å²) in [7, 11) is 2.99. The van der Waals surface area contributed by atoms with Gasteiger partial charge in [-0.3, -0.25) is 0 Å². The zero-order valence-electron chi connectivity index (χ0n) is 14.4. The Morgan fingerprint density at radius 1 is 0.905 bits per heavy atom. The molecule has 0 N–H and O–H groups in total. The van der Waals surface area contributed by atoms with Crippen LogP contribution in [-0.4, -0.2) is 29.6 Å². The molecule has 1 aromatic carbocycles. The average Bonchev–Trinajstić information content (AvgIpc) is 2.42. The zero-order chi connectivity index (χ0) is 16.3. The van der Waals surface area contributed by atoms with Crippen molar-refractivity contribution in [3.05, 3.63) is 23.8 Å². The lowest BCUT2D eigenvalue weighted by Crippen LogP contribution is -2.42. The third-order valence-corrected chi connectivity index (χ3v) is 8.48. The summed E-state index contributed by atoms with van der Waals surface area (Å²) in [5.74, 6) is 1.45. The van der Waals surface area contributed by atoms with E-state index in [9.17, 15) is 0 Å². The van der Waals surface area contributed by atoms with Crippen LogP contribution in [0.25, 0.3) is 0 Å². The molecule has 0 amide bonds. The van der Waals surface area contributed by atoms with E-state index in [0.717, 1.165) is 17.1 Å². The van der Waals surface area contributed by atoms with E-state index in [4.69, 9.17) is 18.6 Å². The van der Waals surface area contributed by atoms with Crippen LogP contribution in [-0.2, 0) is 9.16 Å². The minimum atomic E-state index is -1.93. The normalized spacial score (nSPS) is 13.9. The van der Waals surface area contributed by atoms with Crippen LogP contribution < -0.4 is 9.47 Å². The first-order chi connectivity index (χ1) is 9.64. The van der Waals surface area contributed by atoms with Crippen molar-refractivity contribution in [1.29, 1.82) is 0 Å². The maximum absolute atomic E-state index is 6.34. The number of hydrogen-bond acceptors (Lipinski definition) is 4. The summed E-state index contributed by atoms with van der Waals surface area (Å²) < 4.78 is 22.5. The molecule has 0 aromatic heterocycles. The van der Waals surface area contributed by atoms with E-state index >= 15 is 0 Å². The highest BCUT2D eigenvalue weighted by Crippen LogP contribution is 2.40. The van der Waals surface area contributed by atoms with E-state index in [1.165, 1.54) is 0 Å². The van der Waals surface area contributed by atoms with E-state index in [0.29, 0.717) is 0 Å². The van der Waals surface area contributed by atoms with Gasteiger partial charge >= 0.3 is 0 Å². The van der Waals surface area contributed by atoms with Gasteiger partial charge in [-0.1, -0.05) is 20.8 Å². The van der Waals surface area contributed by atoms with Gasteiger partial charge in [0.15, 0.2) is 14.6 Å². The third-order valence-electron chi connectivity index (χ3n) is 4.07. The molecule has 0 heterocycles. The second-order valence-electron chi connectivity index (χ2n) is 6.59. The van der Waals surface area contributed by atoms with E-state index in [-0.39, 0.29) is 5.04 Å². The van der Waals surface area contributed by atoms with Gasteiger partial charge in [-0.05, 0) is 30.3 Å². The van der Waals surface area contributed by atoms with Gasteiger partial charge in [0.05, 0.1) is 14.2 Å². The smallest absolute Gasteiger partial charge is 0.195 e. The lowest BCUT2D eigenvalue weighted by Gasteiger charge is -2.38. The van der Waals surface area contributed by atoms with E-state index < -0.39 is 14.6 Å². The molecule has 0 fully saturated rings. The molecule has 0 spiro atoms. The number of benzene rings is 1. The highest BCUT2D eigenvalue weighted by atomic mass is 28.4. The Hall–Kier alpha value is -1.04. The van der Waals surface area contributed by atoms with Crippen LogP contribution in [0.15, 0.2) is 18.2 Å². The Balaban J connectivity index is 3.10. The van der Waals surface area contributed by atoms with Crippen LogP contribution in [0, 0.1) is 0 Å². The highest BCUT2D eigenvalue weighted by Gasteiger charge is 2.39. The van der Waals surface area contributed by atoms with Crippen LogP contribution in [0.4, 0.5) is 0 Å². The van der Waals surface area contributed by atoms with Crippen molar-refractivity contribution in [1.82, 2.24) is 0 Å². The lowest BCUT2D eigenvalue weighted by atomic mass is 10.2. The highest BCUT2D eigenvalue weighted by molar-refractivity contribution is 6.74. The number of methoxy groups -OCH3 is 3. The summed E-state index contributed by atoms with van der Waals surface area (Å²) in [6, 6.07) is 5.68. The summed E-state index contributed by atoms with van der Waals surface area (Å²) in [4.78, 5) is 0. The molecule has 1 aromatic rings. The zero-order valence-corrected chi connectivity index (χ0v) is 15.4. The first-order valence-corrected chi connectivity index (χ1v) is 9.99. The summed E-state index contributed by atoms with van der Waals surface area (Å²) in [5, 5.41) is 0.118. The predicted molar refractivity (Wildman–Crippen MR) is 87.6 cm³/mol. The number of ether oxygens (including phenoxy) is 3. The molecule has 1 rings (SSSR count). The molecular weight excluding hydrogens is 284 g/mol. The second-order valence-corrected chi connectivity index (χ2v) is 11.3. The molecule has 0 aliphatic rings. The molecule has 5 heteroatoms. The Morgan fingerprint density at radius 2 is 1.38 bits per heavy atom. The standard InChI is InChI=1S/C16H28O4Si/c1-16(2,3)21(7,8)20-15(19-6)12-9-13(17-4)11-14(10-12)18-5/h9-11,15H,1-8H3. The van der Waals surface area contributed by atoms with Crippen molar-refractivity contribution < 1.29 is 18.6 Å². The number of hydrogen-bond donors (Lipinski definition) is 0. The molecule has 0 aliphatic carbocycles. The Kier molecular flexibility index (Phi) is 5.84. The SMILES string of the molecule is COc1cc(OC)cc(C(OC)O[Si](C)(C)C(C)(C)C)c1. The molecule has 120 valence electrons. The molecule has 0 saturated heterocycles. The van der Waals surface area contributed by atoms with Gasteiger partial charge in [0.2, 0.25) is 0 Å². The molecule has 21 heavy (non-hydrogen) atoms. The predicted octanol–water partition coefficient (Wildman–Crippen LogP) is 4.37. The van der Waals surface area contributed by atoms with E-state index in [1.54, 1.807) is 21.3 Å². The van der Waals surface area contributed by atoms with E-state index in [2.05, 4.69) is 33.9 Å². The van der Waals surface area contributed by atoms with Crippen LogP contribution in [0.1, 0.15) is 32.6 Å². The molecule has 0 saturated carbocycles. The first-order valence-electron chi connectivity index (χ1n) is 7.08. The van der Waals surface area contributed by atoms with Gasteiger partial charge in [0.25, 0.3) is 0 Å². The van der Waals surface area contributed by atoms with Crippen molar-refractivity contribution in [2.24, 2.45) is 0 Å². The van der Waals surface area contributed by atoms with Crippen LogP contribution >= 0.6 is 0 Å². The Labute approximate surface area is 129 Å². The summed E-state index contributed by atoms with van der Waals surface area (Å²) in [5.41, 5.74) is 0.901. The fourth-order valence-corrected chi connectivity index (χ4v) is 2.78. The fourth-order valence-electron chi connectivity index (χ4n) is 1.66. The quantitative estimate of drug-likeness (QED) is 0.577. The molecule has 1 unspecified atom stereocenters. The fraction of sp³-hybridized carbons (Fsp3) is 0.625. The maximum atomic E-state index is 6.34. The van der Waals surface area contributed by atoms with Gasteiger partial charge in [0, 0.05) is 18.7 Å². The molecule has 4 nitrogen and oxygen atoms in total. The second kappa shape index (κ2) is 6.81. The minimum Gasteiger partial charge on any atom is -0.497 e. The van der Waals surface area contributed by atoms with Gasteiger partial charge in [-0.2, -0.15) is 0 Å². The third kappa shape index (κ3) is 4.46. The number of rotatable bonds is 6. The molecular formula is C16H28O4Si. The topological polar surface area (TPSA) is 36.9 Å². The van der Waals surface area contributed by atoms with Gasteiger partial charge in [-0.15, -0.1) is 0 Å². The molecule has 0 bridgehead atoms. The van der Waals surface area contributed by atoms with Crippen molar-refractivity contribution >= 4 is 8.32 Å². The van der Waals surface area contributed by atoms with Crippen molar-refractivity contribution in [2.75, 3.05) is 21.3 Å². The van der Waals surface area contributed by atoms with Crippen molar-refractivity contribution in [3.63, 3.8) is 0 Å². The largest absolute Gasteiger partial charge is 0.497 e. The van der Waals surface area contributed by atoms with Crippen molar-refractivity contribution in [2.45, 2.75) is 45.2 Å². The molecule has 0 radical (unpaired) electrons. The van der Waals surface area contributed by atoms with Crippen LogP contribution in [0.2, 0.25) is 18.1 Å². The Morgan fingerprint density at radius 3 is 1.71 bits per heavy atom. The average molecular weight is 312 g/mol. The van der Waals surface area contributed by atoms with E-state index in [1.807, 2.05) is 18.2 Å². The summed E-state index contributed by atoms with van der Waals surface area (Å²) >= 11 is 0. The molecule has 1 atom stereocenters. The summed E-state index contributed by atoms with van der Waals surface area (Å²) in [6.07, 6.45) is -0.421. The van der Waals surface area contributed by atoms with Gasteiger partial charge in [0.1, 0.15) is 11.5 Å². The minimum absolute atomic E-state index is 0.118. The monoisotopic (exact) mass is 312 g/mol. The maximum Gasteiger partial charge on any atom is 0.195 e. The van der Waals surface area contributed by atoms with Gasteiger partial charge in [-0.25, -0.2) is 0 Å².